The van der Waals surface area contributed by atoms with Crippen LogP contribution in [0.3, 0.4) is 0 Å². The molecule has 0 fully saturated rings. The fourth-order valence-corrected chi connectivity index (χ4v) is 3.66. The summed E-state index contributed by atoms with van der Waals surface area (Å²) in [6, 6.07) is 18.4. The number of hydrazone groups is 1. The molecule has 4 aromatic rings. The summed E-state index contributed by atoms with van der Waals surface area (Å²) in [6.07, 6.45) is -1.86. The van der Waals surface area contributed by atoms with Gasteiger partial charge in [-0.3, -0.25) is 9.78 Å². The molecule has 0 saturated heterocycles. The van der Waals surface area contributed by atoms with E-state index in [4.69, 9.17) is 27.9 Å². The van der Waals surface area contributed by atoms with Gasteiger partial charge >= 0.3 is 12.2 Å². The lowest BCUT2D eigenvalue weighted by atomic mass is 10.2. The highest BCUT2D eigenvalue weighted by atomic mass is 35.5. The van der Waals surface area contributed by atoms with Crippen LogP contribution in [0.4, 0.5) is 29.3 Å². The number of hydrogen-bond donors (Lipinski definition) is 3. The molecule has 4 rings (SSSR count). The van der Waals surface area contributed by atoms with Crippen molar-refractivity contribution in [3.8, 4) is 11.5 Å². The van der Waals surface area contributed by atoms with Crippen molar-refractivity contribution in [1.29, 1.82) is 0 Å². The number of hydrogen-bond acceptors (Lipinski definition) is 5. The van der Waals surface area contributed by atoms with Crippen molar-refractivity contribution in [2.24, 2.45) is 5.10 Å². The Morgan fingerprint density at radius 3 is 2.27 bits per heavy atom. The fraction of sp³-hybridized carbons (Fsp3) is 0.0370. The first-order chi connectivity index (χ1) is 19.1. The van der Waals surface area contributed by atoms with Crippen molar-refractivity contribution in [3.63, 3.8) is 0 Å². The number of alkyl halides is 3. The molecule has 0 spiro atoms. The summed E-state index contributed by atoms with van der Waals surface area (Å²) in [7, 11) is 0. The van der Waals surface area contributed by atoms with Gasteiger partial charge in [0.15, 0.2) is 0 Å². The molecule has 0 atom stereocenters. The van der Waals surface area contributed by atoms with Crippen molar-refractivity contribution >= 4 is 52.7 Å². The highest BCUT2D eigenvalue weighted by molar-refractivity contribution is 6.33. The maximum Gasteiger partial charge on any atom is 0.417 e. The van der Waals surface area contributed by atoms with Gasteiger partial charge in [0.1, 0.15) is 17.2 Å². The van der Waals surface area contributed by atoms with Gasteiger partial charge in [-0.15, -0.1) is 0 Å². The fourth-order valence-electron chi connectivity index (χ4n) is 3.25. The average Bonchev–Trinajstić information content (AvgIpc) is 2.91. The van der Waals surface area contributed by atoms with Gasteiger partial charge in [0.25, 0.3) is 5.91 Å². The van der Waals surface area contributed by atoms with Gasteiger partial charge < -0.3 is 15.4 Å². The second kappa shape index (κ2) is 12.5. The second-order valence-electron chi connectivity index (χ2n) is 8.00. The zero-order valence-electron chi connectivity index (χ0n) is 20.2. The number of carbonyl (C=O) groups excluding carboxylic acids is 2. The number of carbonyl (C=O) groups is 2. The van der Waals surface area contributed by atoms with E-state index in [-0.39, 0.29) is 11.4 Å². The maximum atomic E-state index is 13.0. The molecule has 0 bridgehead atoms. The number of aromatic nitrogens is 1. The third kappa shape index (κ3) is 7.71. The van der Waals surface area contributed by atoms with Gasteiger partial charge in [-0.1, -0.05) is 41.4 Å². The minimum Gasteiger partial charge on any atom is -0.457 e. The molecule has 204 valence electrons. The van der Waals surface area contributed by atoms with Gasteiger partial charge in [-0.2, -0.15) is 18.3 Å². The van der Waals surface area contributed by atoms with Crippen LogP contribution in [0.15, 0.2) is 90.2 Å². The Morgan fingerprint density at radius 2 is 1.55 bits per heavy atom. The lowest BCUT2D eigenvalue weighted by molar-refractivity contribution is -0.137. The Balaban J connectivity index is 1.33. The molecule has 0 unspecified atom stereocenters. The van der Waals surface area contributed by atoms with E-state index in [0.717, 1.165) is 12.1 Å². The summed E-state index contributed by atoms with van der Waals surface area (Å²) in [4.78, 5) is 28.7. The van der Waals surface area contributed by atoms with Gasteiger partial charge in [0, 0.05) is 34.2 Å². The SMILES string of the molecule is O=C(Nc1ccc(Oc2ccnc(C(=O)NN=Cc3ccccc3Cl)c2)cc1)Nc1ccc(Cl)c(C(F)(F)F)c1. The topological polar surface area (TPSA) is 105 Å². The zero-order valence-corrected chi connectivity index (χ0v) is 21.7. The minimum atomic E-state index is -4.66. The van der Waals surface area contributed by atoms with Gasteiger partial charge in [0.05, 0.1) is 16.8 Å². The van der Waals surface area contributed by atoms with Gasteiger partial charge in [0.2, 0.25) is 0 Å². The Kier molecular flexibility index (Phi) is 8.87. The first-order valence-electron chi connectivity index (χ1n) is 11.3. The first kappa shape index (κ1) is 28.4. The molecule has 0 aliphatic carbocycles. The van der Waals surface area contributed by atoms with Crippen molar-refractivity contribution in [3.05, 3.63) is 112 Å². The third-order valence-corrected chi connectivity index (χ3v) is 5.79. The van der Waals surface area contributed by atoms with Crippen molar-refractivity contribution < 1.29 is 27.5 Å². The highest BCUT2D eigenvalue weighted by Gasteiger charge is 2.33. The molecule has 0 radical (unpaired) electrons. The average molecular weight is 588 g/mol. The van der Waals surface area contributed by atoms with E-state index < -0.39 is 28.7 Å². The van der Waals surface area contributed by atoms with E-state index in [0.29, 0.717) is 27.8 Å². The van der Waals surface area contributed by atoms with Crippen LogP contribution in [-0.4, -0.2) is 23.1 Å². The van der Waals surface area contributed by atoms with Crippen LogP contribution in [-0.2, 0) is 6.18 Å². The summed E-state index contributed by atoms with van der Waals surface area (Å²) < 4.78 is 44.8. The summed E-state index contributed by atoms with van der Waals surface area (Å²) >= 11 is 11.6. The second-order valence-corrected chi connectivity index (χ2v) is 8.81. The molecule has 3 amide bonds. The number of halogens is 5. The lowest BCUT2D eigenvalue weighted by Crippen LogP contribution is -2.19. The molecule has 0 aliphatic heterocycles. The lowest BCUT2D eigenvalue weighted by Gasteiger charge is -2.12. The minimum absolute atomic E-state index is 0.0552. The van der Waals surface area contributed by atoms with E-state index in [2.05, 4.69) is 26.1 Å². The Labute approximate surface area is 235 Å². The number of pyridine rings is 1. The molecule has 1 aromatic heterocycles. The number of urea groups is 1. The standard InChI is InChI=1S/C27H18Cl2F3N5O3/c28-22-4-2-1-3-16(22)15-34-37-25(38)24-14-20(11-12-33-24)40-19-8-5-17(6-9-19)35-26(39)36-18-7-10-23(29)21(13-18)27(30,31)32/h1-15H,(H,37,38)(H2,35,36,39). The normalized spacial score (nSPS) is 11.2. The third-order valence-electron chi connectivity index (χ3n) is 5.12. The zero-order chi connectivity index (χ0) is 28.7. The number of nitrogens with zero attached hydrogens (tertiary/aromatic N) is 2. The molecule has 0 saturated carbocycles. The maximum absolute atomic E-state index is 13.0. The molecular formula is C27H18Cl2F3N5O3. The predicted molar refractivity (Wildman–Crippen MR) is 146 cm³/mol. The Morgan fingerprint density at radius 1 is 0.850 bits per heavy atom. The van der Waals surface area contributed by atoms with Gasteiger partial charge in [-0.25, -0.2) is 10.2 Å². The smallest absolute Gasteiger partial charge is 0.417 e. The molecule has 3 N–H and O–H groups in total. The molecule has 0 aliphatic rings. The monoisotopic (exact) mass is 587 g/mol. The number of nitrogens with one attached hydrogen (secondary N) is 3. The van der Waals surface area contributed by atoms with E-state index in [9.17, 15) is 22.8 Å². The van der Waals surface area contributed by atoms with Crippen molar-refractivity contribution in [2.45, 2.75) is 6.18 Å². The quantitative estimate of drug-likeness (QED) is 0.153. The molecule has 1 heterocycles. The van der Waals surface area contributed by atoms with Crippen molar-refractivity contribution in [2.75, 3.05) is 10.6 Å². The largest absolute Gasteiger partial charge is 0.457 e. The number of rotatable bonds is 7. The van der Waals surface area contributed by atoms with Crippen LogP contribution in [0, 0.1) is 0 Å². The molecule has 8 nitrogen and oxygen atoms in total. The Hall–Kier alpha value is -4.61. The van der Waals surface area contributed by atoms with Crippen LogP contribution in [0.2, 0.25) is 10.0 Å². The van der Waals surface area contributed by atoms with Crippen molar-refractivity contribution in [1.82, 2.24) is 10.4 Å². The number of anilines is 2. The number of amides is 3. The van der Waals surface area contributed by atoms with Crippen LogP contribution in [0.25, 0.3) is 0 Å². The van der Waals surface area contributed by atoms with E-state index in [1.54, 1.807) is 42.5 Å². The van der Waals surface area contributed by atoms with Crippen LogP contribution in [0.1, 0.15) is 21.6 Å². The summed E-state index contributed by atoms with van der Waals surface area (Å²) in [5.41, 5.74) is 2.26. The highest BCUT2D eigenvalue weighted by Crippen LogP contribution is 2.36. The number of ether oxygens (including phenoxy) is 1. The summed E-state index contributed by atoms with van der Waals surface area (Å²) in [6.45, 7) is 0. The van der Waals surface area contributed by atoms with Crippen LogP contribution >= 0.6 is 23.2 Å². The summed E-state index contributed by atoms with van der Waals surface area (Å²) in [5, 5.41) is 8.73. The first-order valence-corrected chi connectivity index (χ1v) is 12.1. The predicted octanol–water partition coefficient (Wildman–Crippen LogP) is 7.61. The van der Waals surface area contributed by atoms with E-state index >= 15 is 0 Å². The number of benzene rings is 3. The molecule has 40 heavy (non-hydrogen) atoms. The Bertz CT molecular complexity index is 1560. The van der Waals surface area contributed by atoms with Crippen LogP contribution in [0.5, 0.6) is 11.5 Å². The van der Waals surface area contributed by atoms with Gasteiger partial charge in [-0.05, 0) is 54.6 Å². The molecule has 3 aromatic carbocycles. The molecular weight excluding hydrogens is 570 g/mol. The molecule has 13 heteroatoms. The van der Waals surface area contributed by atoms with E-state index in [1.807, 2.05) is 0 Å². The van der Waals surface area contributed by atoms with E-state index in [1.165, 1.54) is 36.7 Å². The summed E-state index contributed by atoms with van der Waals surface area (Å²) in [5.74, 6) is 0.132. The van der Waals surface area contributed by atoms with Crippen LogP contribution < -0.4 is 20.8 Å².